The van der Waals surface area contributed by atoms with Crippen LogP contribution in [0.1, 0.15) is 12.8 Å². The van der Waals surface area contributed by atoms with Gasteiger partial charge in [-0.05, 0) is 31.0 Å². The first-order chi connectivity index (χ1) is 9.03. The maximum absolute atomic E-state index is 12.0. The molecule has 104 valence electrons. The maximum Gasteiger partial charge on any atom is 0.238 e. The van der Waals surface area contributed by atoms with Crippen molar-refractivity contribution in [2.45, 2.75) is 12.8 Å². The summed E-state index contributed by atoms with van der Waals surface area (Å²) in [5.41, 5.74) is 6.35. The van der Waals surface area contributed by atoms with Gasteiger partial charge in [0.1, 0.15) is 0 Å². The first kappa shape index (κ1) is 13.8. The van der Waals surface area contributed by atoms with Gasteiger partial charge in [-0.15, -0.1) is 0 Å². The summed E-state index contributed by atoms with van der Waals surface area (Å²) >= 11 is 0. The van der Waals surface area contributed by atoms with E-state index >= 15 is 0 Å². The molecule has 0 aliphatic carbocycles. The number of benzene rings is 1. The molecule has 0 atom stereocenters. The van der Waals surface area contributed by atoms with E-state index in [4.69, 9.17) is 5.73 Å². The average Bonchev–Trinajstić information content (AvgIpc) is 2.38. The van der Waals surface area contributed by atoms with Crippen molar-refractivity contribution in [3.63, 3.8) is 0 Å². The number of carbonyl (C=O) groups is 1. The fourth-order valence-corrected chi connectivity index (χ4v) is 3.66. The number of sulfonamides is 1. The SMILES string of the molecule is NCC(=O)Nc1cccc(N2CCCCS2(=O)=O)c1. The second-order valence-electron chi connectivity index (χ2n) is 4.40. The van der Waals surface area contributed by atoms with Crippen LogP contribution in [-0.2, 0) is 14.8 Å². The number of nitrogens with one attached hydrogen (secondary N) is 1. The van der Waals surface area contributed by atoms with Gasteiger partial charge in [0.25, 0.3) is 0 Å². The molecule has 0 aromatic heterocycles. The number of carbonyl (C=O) groups excluding carboxylic acids is 1. The predicted molar refractivity (Wildman–Crippen MR) is 74.5 cm³/mol. The normalized spacial score (nSPS) is 18.1. The molecule has 2 rings (SSSR count). The summed E-state index contributed by atoms with van der Waals surface area (Å²) in [6, 6.07) is 6.79. The van der Waals surface area contributed by atoms with Crippen LogP contribution in [-0.4, -0.2) is 33.2 Å². The van der Waals surface area contributed by atoms with Crippen molar-refractivity contribution in [3.8, 4) is 0 Å². The highest BCUT2D eigenvalue weighted by molar-refractivity contribution is 7.92. The monoisotopic (exact) mass is 283 g/mol. The van der Waals surface area contributed by atoms with E-state index in [0.717, 1.165) is 6.42 Å². The van der Waals surface area contributed by atoms with Crippen LogP contribution >= 0.6 is 0 Å². The molecule has 1 aliphatic rings. The molecular weight excluding hydrogens is 266 g/mol. The molecule has 0 bridgehead atoms. The van der Waals surface area contributed by atoms with Crippen molar-refractivity contribution in [2.75, 3.05) is 28.5 Å². The van der Waals surface area contributed by atoms with Crippen molar-refractivity contribution < 1.29 is 13.2 Å². The van der Waals surface area contributed by atoms with E-state index in [0.29, 0.717) is 24.3 Å². The highest BCUT2D eigenvalue weighted by Crippen LogP contribution is 2.25. The maximum atomic E-state index is 12.0. The second kappa shape index (κ2) is 5.58. The van der Waals surface area contributed by atoms with Crippen LogP contribution in [0.2, 0.25) is 0 Å². The predicted octanol–water partition coefficient (Wildman–Crippen LogP) is 0.514. The van der Waals surface area contributed by atoms with Gasteiger partial charge in [0.05, 0.1) is 18.0 Å². The lowest BCUT2D eigenvalue weighted by atomic mass is 10.2. The largest absolute Gasteiger partial charge is 0.325 e. The Kier molecular flexibility index (Phi) is 4.06. The summed E-state index contributed by atoms with van der Waals surface area (Å²) in [7, 11) is -3.23. The number of amides is 1. The molecule has 3 N–H and O–H groups in total. The van der Waals surface area contributed by atoms with Crippen molar-refractivity contribution in [2.24, 2.45) is 5.73 Å². The van der Waals surface area contributed by atoms with E-state index in [9.17, 15) is 13.2 Å². The highest BCUT2D eigenvalue weighted by atomic mass is 32.2. The molecule has 1 amide bonds. The third kappa shape index (κ3) is 3.24. The summed E-state index contributed by atoms with van der Waals surface area (Å²) in [6.07, 6.45) is 1.54. The van der Waals surface area contributed by atoms with Crippen LogP contribution in [0.4, 0.5) is 11.4 Å². The van der Waals surface area contributed by atoms with Gasteiger partial charge in [0.2, 0.25) is 15.9 Å². The third-order valence-corrected chi connectivity index (χ3v) is 4.82. The van der Waals surface area contributed by atoms with E-state index in [1.165, 1.54) is 4.31 Å². The molecule has 7 heteroatoms. The number of hydrogen-bond acceptors (Lipinski definition) is 4. The Morgan fingerprint density at radius 1 is 1.37 bits per heavy atom. The van der Waals surface area contributed by atoms with E-state index in [-0.39, 0.29) is 18.2 Å². The van der Waals surface area contributed by atoms with Crippen LogP contribution in [0.15, 0.2) is 24.3 Å². The molecule has 1 saturated heterocycles. The van der Waals surface area contributed by atoms with Crippen LogP contribution in [0.5, 0.6) is 0 Å². The lowest BCUT2D eigenvalue weighted by Crippen LogP contribution is -2.37. The minimum absolute atomic E-state index is 0.105. The second-order valence-corrected chi connectivity index (χ2v) is 6.41. The topological polar surface area (TPSA) is 92.5 Å². The molecule has 1 aliphatic heterocycles. The summed E-state index contributed by atoms with van der Waals surface area (Å²) < 4.78 is 25.4. The summed E-state index contributed by atoms with van der Waals surface area (Å²) in [5, 5.41) is 2.61. The molecule has 1 aromatic rings. The van der Waals surface area contributed by atoms with E-state index in [1.54, 1.807) is 24.3 Å². The van der Waals surface area contributed by atoms with E-state index in [2.05, 4.69) is 5.32 Å². The van der Waals surface area contributed by atoms with Crippen molar-refractivity contribution in [1.82, 2.24) is 0 Å². The Morgan fingerprint density at radius 3 is 2.84 bits per heavy atom. The zero-order valence-corrected chi connectivity index (χ0v) is 11.3. The minimum atomic E-state index is -3.23. The zero-order chi connectivity index (χ0) is 13.9. The summed E-state index contributed by atoms with van der Waals surface area (Å²) in [4.78, 5) is 11.2. The van der Waals surface area contributed by atoms with Crippen LogP contribution < -0.4 is 15.4 Å². The molecule has 1 heterocycles. The Hall–Kier alpha value is -1.60. The smallest absolute Gasteiger partial charge is 0.238 e. The quantitative estimate of drug-likeness (QED) is 0.845. The number of nitrogens with two attached hydrogens (primary N) is 1. The Balaban J connectivity index is 2.25. The number of anilines is 2. The Bertz CT molecular complexity index is 571. The van der Waals surface area contributed by atoms with Crippen molar-refractivity contribution >= 4 is 27.3 Å². The van der Waals surface area contributed by atoms with Gasteiger partial charge < -0.3 is 11.1 Å². The van der Waals surface area contributed by atoms with Crippen molar-refractivity contribution in [1.29, 1.82) is 0 Å². The minimum Gasteiger partial charge on any atom is -0.325 e. The fourth-order valence-electron chi connectivity index (χ4n) is 2.03. The van der Waals surface area contributed by atoms with Crippen molar-refractivity contribution in [3.05, 3.63) is 24.3 Å². The average molecular weight is 283 g/mol. The molecule has 0 unspecified atom stereocenters. The number of nitrogens with zero attached hydrogens (tertiary/aromatic N) is 1. The molecule has 1 aromatic carbocycles. The van der Waals surface area contributed by atoms with Gasteiger partial charge in [0.15, 0.2) is 0 Å². The number of hydrogen-bond donors (Lipinski definition) is 2. The lowest BCUT2D eigenvalue weighted by Gasteiger charge is -2.28. The third-order valence-electron chi connectivity index (χ3n) is 2.95. The van der Waals surface area contributed by atoms with Gasteiger partial charge in [-0.1, -0.05) is 6.07 Å². The molecule has 0 saturated carbocycles. The molecule has 0 spiro atoms. The van der Waals surface area contributed by atoms with Crippen LogP contribution in [0.25, 0.3) is 0 Å². The first-order valence-corrected chi connectivity index (χ1v) is 7.74. The summed E-state index contributed by atoms with van der Waals surface area (Å²) in [6.45, 7) is 0.378. The molecule has 6 nitrogen and oxygen atoms in total. The molecule has 0 radical (unpaired) electrons. The Labute approximate surface area is 112 Å². The van der Waals surface area contributed by atoms with E-state index in [1.807, 2.05) is 0 Å². The van der Waals surface area contributed by atoms with Crippen LogP contribution in [0, 0.1) is 0 Å². The first-order valence-electron chi connectivity index (χ1n) is 6.13. The van der Waals surface area contributed by atoms with Gasteiger partial charge in [-0.2, -0.15) is 0 Å². The van der Waals surface area contributed by atoms with Gasteiger partial charge in [0, 0.05) is 12.2 Å². The fraction of sp³-hybridized carbons (Fsp3) is 0.417. The summed E-state index contributed by atoms with van der Waals surface area (Å²) in [5.74, 6) is -0.134. The standard InChI is InChI=1S/C12H17N3O3S/c13-9-12(16)14-10-4-3-5-11(8-10)15-6-1-2-7-19(15,17)18/h3-5,8H,1-2,6-7,9,13H2,(H,14,16). The highest BCUT2D eigenvalue weighted by Gasteiger charge is 2.26. The van der Waals surface area contributed by atoms with Gasteiger partial charge in [-0.25, -0.2) is 8.42 Å². The molecule has 1 fully saturated rings. The Morgan fingerprint density at radius 2 is 2.16 bits per heavy atom. The van der Waals surface area contributed by atoms with E-state index < -0.39 is 10.0 Å². The number of rotatable bonds is 3. The molecular formula is C12H17N3O3S. The van der Waals surface area contributed by atoms with Crippen LogP contribution in [0.3, 0.4) is 0 Å². The van der Waals surface area contributed by atoms with Gasteiger partial charge >= 0.3 is 0 Å². The lowest BCUT2D eigenvalue weighted by molar-refractivity contribution is -0.114. The molecule has 19 heavy (non-hydrogen) atoms. The van der Waals surface area contributed by atoms with Gasteiger partial charge in [-0.3, -0.25) is 9.10 Å². The zero-order valence-electron chi connectivity index (χ0n) is 10.5.